The van der Waals surface area contributed by atoms with Gasteiger partial charge < -0.3 is 10.0 Å². The molecule has 0 aromatic heterocycles. The number of carbonyl (C=O) groups is 1. The third-order valence-electron chi connectivity index (χ3n) is 3.40. The molecule has 1 N–H and O–H groups in total. The van der Waals surface area contributed by atoms with Gasteiger partial charge >= 0.3 is 0 Å². The van der Waals surface area contributed by atoms with Crippen molar-refractivity contribution in [3.63, 3.8) is 0 Å². The Labute approximate surface area is 88.3 Å². The third-order valence-corrected chi connectivity index (χ3v) is 3.40. The van der Waals surface area contributed by atoms with Crippen LogP contribution in [-0.2, 0) is 16.8 Å². The van der Waals surface area contributed by atoms with E-state index in [1.807, 2.05) is 18.2 Å². The van der Waals surface area contributed by atoms with Crippen LogP contribution in [0, 0.1) is 0 Å². The number of anilines is 1. The number of amides is 1. The van der Waals surface area contributed by atoms with E-state index in [4.69, 9.17) is 0 Å². The summed E-state index contributed by atoms with van der Waals surface area (Å²) >= 11 is 0. The lowest BCUT2D eigenvalue weighted by atomic mass is 10.0. The summed E-state index contributed by atoms with van der Waals surface area (Å²) in [6.45, 7) is 0. The van der Waals surface area contributed by atoms with Crippen LogP contribution in [0.5, 0.6) is 0 Å². The van der Waals surface area contributed by atoms with Crippen molar-refractivity contribution in [1.82, 2.24) is 0 Å². The van der Waals surface area contributed by atoms with Gasteiger partial charge in [-0.15, -0.1) is 0 Å². The van der Waals surface area contributed by atoms with Gasteiger partial charge in [0, 0.05) is 12.6 Å². The molecule has 0 unspecified atom stereocenters. The average molecular weight is 203 g/mol. The number of fused-ring (bicyclic) bond motifs is 1. The molecule has 1 amide bonds. The van der Waals surface area contributed by atoms with Crippen LogP contribution in [0.3, 0.4) is 0 Å². The zero-order valence-electron chi connectivity index (χ0n) is 8.66. The van der Waals surface area contributed by atoms with Crippen molar-refractivity contribution in [2.24, 2.45) is 0 Å². The van der Waals surface area contributed by atoms with Gasteiger partial charge in [0.25, 0.3) is 0 Å². The summed E-state index contributed by atoms with van der Waals surface area (Å²) in [6.07, 6.45) is 2.09. The Hall–Kier alpha value is -1.35. The molecule has 1 saturated carbocycles. The summed E-state index contributed by atoms with van der Waals surface area (Å²) in [5.74, 6) is 0.113. The maximum absolute atomic E-state index is 11.6. The molecule has 0 atom stereocenters. The summed E-state index contributed by atoms with van der Waals surface area (Å²) in [7, 11) is 1.78. The molecule has 0 spiro atoms. The quantitative estimate of drug-likeness (QED) is 0.744. The number of aliphatic hydroxyl groups is 1. The molecule has 0 saturated heterocycles. The van der Waals surface area contributed by atoms with Crippen molar-refractivity contribution in [2.45, 2.75) is 24.9 Å². The van der Waals surface area contributed by atoms with Gasteiger partial charge in [-0.1, -0.05) is 18.2 Å². The molecule has 15 heavy (non-hydrogen) atoms. The summed E-state index contributed by atoms with van der Waals surface area (Å²) in [5.41, 5.74) is 2.24. The second kappa shape index (κ2) is 2.61. The normalized spacial score (nSPS) is 21.7. The minimum atomic E-state index is -0.662. The standard InChI is InChI=1S/C12H13NO2/c1-13-10(14)7-8-3-2-4-9(11(8)13)12(15)5-6-12/h2-4,15H,5-7H2,1H3. The van der Waals surface area contributed by atoms with Gasteiger partial charge in [-0.3, -0.25) is 4.79 Å². The Morgan fingerprint density at radius 2 is 2.13 bits per heavy atom. The predicted octanol–water partition coefficient (Wildman–Crippen LogP) is 1.19. The average Bonchev–Trinajstić information content (AvgIpc) is 2.89. The Bertz CT molecular complexity index is 449. The number of hydrogen-bond donors (Lipinski definition) is 1. The highest BCUT2D eigenvalue weighted by molar-refractivity contribution is 6.02. The molecule has 78 valence electrons. The van der Waals surface area contributed by atoms with Crippen LogP contribution in [0.2, 0.25) is 0 Å². The highest BCUT2D eigenvalue weighted by Gasteiger charge is 2.45. The first-order chi connectivity index (χ1) is 7.12. The zero-order valence-corrected chi connectivity index (χ0v) is 8.66. The lowest BCUT2D eigenvalue weighted by Gasteiger charge is -2.18. The molecule has 1 heterocycles. The summed E-state index contributed by atoms with van der Waals surface area (Å²) in [6, 6.07) is 5.82. The molecule has 1 fully saturated rings. The largest absolute Gasteiger partial charge is 0.385 e. The van der Waals surface area contributed by atoms with Crippen molar-refractivity contribution >= 4 is 11.6 Å². The van der Waals surface area contributed by atoms with E-state index in [-0.39, 0.29) is 5.91 Å². The molecule has 3 nitrogen and oxygen atoms in total. The fourth-order valence-electron chi connectivity index (χ4n) is 2.30. The van der Waals surface area contributed by atoms with E-state index in [1.165, 1.54) is 0 Å². The molecule has 3 heteroatoms. The van der Waals surface area contributed by atoms with E-state index in [9.17, 15) is 9.90 Å². The Morgan fingerprint density at radius 1 is 1.40 bits per heavy atom. The van der Waals surface area contributed by atoms with Gasteiger partial charge in [0.15, 0.2) is 0 Å². The molecule has 2 aliphatic rings. The third kappa shape index (κ3) is 1.13. The molecule has 0 radical (unpaired) electrons. The fourth-order valence-corrected chi connectivity index (χ4v) is 2.30. The Morgan fingerprint density at radius 3 is 2.80 bits per heavy atom. The van der Waals surface area contributed by atoms with Crippen LogP contribution in [0.4, 0.5) is 5.69 Å². The second-order valence-corrected chi connectivity index (χ2v) is 4.47. The van der Waals surface area contributed by atoms with Crippen LogP contribution in [0.1, 0.15) is 24.0 Å². The smallest absolute Gasteiger partial charge is 0.231 e. The zero-order chi connectivity index (χ0) is 10.6. The van der Waals surface area contributed by atoms with Gasteiger partial charge in [-0.2, -0.15) is 0 Å². The van der Waals surface area contributed by atoms with Gasteiger partial charge in [-0.25, -0.2) is 0 Å². The minimum absolute atomic E-state index is 0.113. The highest BCUT2D eigenvalue weighted by Crippen LogP contribution is 2.50. The molecule has 1 aliphatic heterocycles. The first-order valence-electron chi connectivity index (χ1n) is 5.23. The van der Waals surface area contributed by atoms with Crippen LogP contribution < -0.4 is 4.90 Å². The van der Waals surface area contributed by atoms with Gasteiger partial charge in [0.2, 0.25) is 5.91 Å². The summed E-state index contributed by atoms with van der Waals surface area (Å²) < 4.78 is 0. The lowest BCUT2D eigenvalue weighted by molar-refractivity contribution is -0.117. The van der Waals surface area contributed by atoms with E-state index in [0.29, 0.717) is 6.42 Å². The monoisotopic (exact) mass is 203 g/mol. The van der Waals surface area contributed by atoms with E-state index in [0.717, 1.165) is 29.7 Å². The number of likely N-dealkylation sites (N-methyl/N-ethyl adjacent to an activating group) is 1. The van der Waals surface area contributed by atoms with Crippen molar-refractivity contribution in [3.05, 3.63) is 29.3 Å². The van der Waals surface area contributed by atoms with Crippen LogP contribution in [0.15, 0.2) is 18.2 Å². The maximum Gasteiger partial charge on any atom is 0.231 e. The highest BCUT2D eigenvalue weighted by atomic mass is 16.3. The Kier molecular flexibility index (Phi) is 1.55. The summed E-state index contributed by atoms with van der Waals surface area (Å²) in [5, 5.41) is 10.1. The molecular weight excluding hydrogens is 190 g/mol. The van der Waals surface area contributed by atoms with E-state index < -0.39 is 5.60 Å². The molecule has 1 aromatic carbocycles. The minimum Gasteiger partial charge on any atom is -0.385 e. The number of nitrogens with zero attached hydrogens (tertiary/aromatic N) is 1. The van der Waals surface area contributed by atoms with E-state index in [2.05, 4.69) is 0 Å². The van der Waals surface area contributed by atoms with Crippen LogP contribution in [-0.4, -0.2) is 18.1 Å². The SMILES string of the molecule is CN1C(=O)Cc2cccc(C3(O)CC3)c21. The van der Waals surface area contributed by atoms with Gasteiger partial charge in [-0.05, 0) is 18.4 Å². The molecular formula is C12H13NO2. The molecule has 1 aliphatic carbocycles. The van der Waals surface area contributed by atoms with Crippen molar-refractivity contribution in [1.29, 1.82) is 0 Å². The second-order valence-electron chi connectivity index (χ2n) is 4.47. The fraction of sp³-hybridized carbons (Fsp3) is 0.417. The van der Waals surface area contributed by atoms with Gasteiger partial charge in [0.05, 0.1) is 17.7 Å². The van der Waals surface area contributed by atoms with Gasteiger partial charge in [0.1, 0.15) is 0 Å². The number of hydrogen-bond acceptors (Lipinski definition) is 2. The van der Waals surface area contributed by atoms with E-state index >= 15 is 0 Å². The van der Waals surface area contributed by atoms with Crippen LogP contribution >= 0.6 is 0 Å². The first-order valence-corrected chi connectivity index (χ1v) is 5.23. The number of rotatable bonds is 1. The molecule has 3 rings (SSSR count). The number of carbonyl (C=O) groups excluding carboxylic acids is 1. The topological polar surface area (TPSA) is 40.5 Å². The molecule has 1 aromatic rings. The lowest BCUT2D eigenvalue weighted by Crippen LogP contribution is -2.23. The predicted molar refractivity (Wildman–Crippen MR) is 56.7 cm³/mol. The van der Waals surface area contributed by atoms with Crippen LogP contribution in [0.25, 0.3) is 0 Å². The van der Waals surface area contributed by atoms with Crippen molar-refractivity contribution in [2.75, 3.05) is 11.9 Å². The molecule has 0 bridgehead atoms. The van der Waals surface area contributed by atoms with Crippen molar-refractivity contribution in [3.8, 4) is 0 Å². The Balaban J connectivity index is 2.19. The number of benzene rings is 1. The van der Waals surface area contributed by atoms with E-state index in [1.54, 1.807) is 11.9 Å². The first kappa shape index (κ1) is 8.92. The summed E-state index contributed by atoms with van der Waals surface area (Å²) in [4.78, 5) is 13.2. The van der Waals surface area contributed by atoms with Crippen molar-refractivity contribution < 1.29 is 9.90 Å². The number of para-hydroxylation sites is 1. The maximum atomic E-state index is 11.6.